The lowest BCUT2D eigenvalue weighted by Crippen LogP contribution is -2.51. The smallest absolute Gasteiger partial charge is 0.317 e. The van der Waals surface area contributed by atoms with E-state index in [1.165, 1.54) is 12.8 Å². The van der Waals surface area contributed by atoms with Crippen molar-refractivity contribution in [3.63, 3.8) is 0 Å². The first kappa shape index (κ1) is 19.9. The van der Waals surface area contributed by atoms with E-state index >= 15 is 0 Å². The maximum Gasteiger partial charge on any atom is 0.317 e. The molecule has 150 valence electrons. The number of hydrogen-bond donors (Lipinski definition) is 2. The monoisotopic (exact) mass is 375 g/mol. The van der Waals surface area contributed by atoms with Crippen molar-refractivity contribution in [2.24, 2.45) is 11.8 Å². The molecule has 1 saturated carbocycles. The molecule has 3 rings (SSSR count). The van der Waals surface area contributed by atoms with Crippen molar-refractivity contribution in [2.45, 2.75) is 52.1 Å². The van der Waals surface area contributed by atoms with Gasteiger partial charge in [0.2, 0.25) is 0 Å². The predicted molar refractivity (Wildman–Crippen MR) is 106 cm³/mol. The molecular weight excluding hydrogens is 342 g/mol. The number of urea groups is 1. The summed E-state index contributed by atoms with van der Waals surface area (Å²) >= 11 is 0. The fourth-order valence-corrected chi connectivity index (χ4v) is 4.36. The maximum absolute atomic E-state index is 12.5. The summed E-state index contributed by atoms with van der Waals surface area (Å²) in [5.74, 6) is 2.70. The molecule has 27 heavy (non-hydrogen) atoms. The highest BCUT2D eigenvalue weighted by Gasteiger charge is 2.43. The third-order valence-electron chi connectivity index (χ3n) is 5.67. The summed E-state index contributed by atoms with van der Waals surface area (Å²) in [6.07, 6.45) is 5.81. The number of likely N-dealkylation sites (tertiary alicyclic amines) is 1. The molecule has 1 aliphatic carbocycles. The summed E-state index contributed by atoms with van der Waals surface area (Å²) in [6.45, 7) is 6.99. The lowest BCUT2D eigenvalue weighted by atomic mass is 9.95. The summed E-state index contributed by atoms with van der Waals surface area (Å²) in [7, 11) is 1.79. The predicted octanol–water partition coefficient (Wildman–Crippen LogP) is 2.61. The molecule has 2 aliphatic rings. The number of aryl methyl sites for hydroxylation is 2. The Morgan fingerprint density at radius 1 is 1.26 bits per heavy atom. The summed E-state index contributed by atoms with van der Waals surface area (Å²) in [5, 5.41) is 6.33. The molecule has 7 nitrogen and oxygen atoms in total. The van der Waals surface area contributed by atoms with Gasteiger partial charge >= 0.3 is 6.03 Å². The molecule has 2 unspecified atom stereocenters. The van der Waals surface area contributed by atoms with Crippen molar-refractivity contribution in [3.05, 3.63) is 17.6 Å². The second-order valence-electron chi connectivity index (χ2n) is 7.78. The summed E-state index contributed by atoms with van der Waals surface area (Å²) in [6, 6.07) is 1.98. The van der Waals surface area contributed by atoms with Crippen LogP contribution in [0.15, 0.2) is 6.07 Å². The number of ether oxygens (including phenoxy) is 1. The zero-order valence-electron chi connectivity index (χ0n) is 16.8. The van der Waals surface area contributed by atoms with Gasteiger partial charge in [0.05, 0.1) is 6.10 Å². The molecule has 0 aromatic carbocycles. The number of nitrogens with one attached hydrogen (secondary N) is 2. The lowest BCUT2D eigenvalue weighted by molar-refractivity contribution is -0.00501. The normalized spacial score (nSPS) is 24.1. The Morgan fingerprint density at radius 3 is 2.67 bits per heavy atom. The summed E-state index contributed by atoms with van der Waals surface area (Å²) in [4.78, 5) is 23.5. The SMILES string of the molecule is CCCCc1nc(C)cc(NCCNC(=O)N2CC3CCC(C2)C3OC)n1. The van der Waals surface area contributed by atoms with Crippen LogP contribution in [0.4, 0.5) is 10.6 Å². The highest BCUT2D eigenvalue weighted by Crippen LogP contribution is 2.38. The number of hydrogen-bond acceptors (Lipinski definition) is 5. The molecule has 0 spiro atoms. The molecule has 1 aromatic heterocycles. The third-order valence-corrected chi connectivity index (χ3v) is 5.67. The van der Waals surface area contributed by atoms with Crippen LogP contribution in [-0.4, -0.2) is 60.3 Å². The first-order chi connectivity index (χ1) is 13.1. The van der Waals surface area contributed by atoms with Crippen molar-refractivity contribution in [1.82, 2.24) is 20.2 Å². The van der Waals surface area contributed by atoms with Crippen molar-refractivity contribution in [1.29, 1.82) is 0 Å². The zero-order chi connectivity index (χ0) is 19.2. The quantitative estimate of drug-likeness (QED) is 0.683. The van der Waals surface area contributed by atoms with Gasteiger partial charge in [-0.1, -0.05) is 13.3 Å². The van der Waals surface area contributed by atoms with Crippen molar-refractivity contribution in [3.8, 4) is 0 Å². The maximum atomic E-state index is 12.5. The van der Waals surface area contributed by atoms with Crippen LogP contribution >= 0.6 is 0 Å². The topological polar surface area (TPSA) is 79.4 Å². The fraction of sp³-hybridized carbons (Fsp3) is 0.750. The molecule has 1 saturated heterocycles. The van der Waals surface area contributed by atoms with Gasteiger partial charge in [-0.25, -0.2) is 14.8 Å². The Kier molecular flexibility index (Phi) is 6.88. The number of aromatic nitrogens is 2. The van der Waals surface area contributed by atoms with Crippen molar-refractivity contribution >= 4 is 11.8 Å². The Labute approximate surface area is 162 Å². The van der Waals surface area contributed by atoms with Crippen molar-refractivity contribution in [2.75, 3.05) is 38.6 Å². The number of carbonyl (C=O) groups is 1. The lowest BCUT2D eigenvalue weighted by Gasteiger charge is -2.37. The number of carbonyl (C=O) groups excluding carboxylic acids is 1. The van der Waals surface area contributed by atoms with Gasteiger partial charge in [-0.2, -0.15) is 0 Å². The second-order valence-corrected chi connectivity index (χ2v) is 7.78. The first-order valence-corrected chi connectivity index (χ1v) is 10.2. The number of anilines is 1. The third kappa shape index (κ3) is 5.09. The fourth-order valence-electron chi connectivity index (χ4n) is 4.36. The van der Waals surface area contributed by atoms with Gasteiger partial charge in [-0.15, -0.1) is 0 Å². The highest BCUT2D eigenvalue weighted by molar-refractivity contribution is 5.74. The van der Waals surface area contributed by atoms with Crippen LogP contribution in [0, 0.1) is 18.8 Å². The van der Waals surface area contributed by atoms with Crippen LogP contribution in [0.2, 0.25) is 0 Å². The van der Waals surface area contributed by atoms with Crippen LogP contribution in [-0.2, 0) is 11.2 Å². The van der Waals surface area contributed by atoms with Gasteiger partial charge in [-0.3, -0.25) is 0 Å². The van der Waals surface area contributed by atoms with Gasteiger partial charge in [-0.05, 0) is 26.2 Å². The van der Waals surface area contributed by atoms with Gasteiger partial charge in [0.15, 0.2) is 0 Å². The average molecular weight is 376 g/mol. The summed E-state index contributed by atoms with van der Waals surface area (Å²) in [5.41, 5.74) is 0.971. The van der Waals surface area contributed by atoms with Gasteiger partial charge in [0.1, 0.15) is 11.6 Å². The second kappa shape index (κ2) is 9.35. The van der Waals surface area contributed by atoms with Gasteiger partial charge < -0.3 is 20.3 Å². The molecule has 2 fully saturated rings. The number of methoxy groups -OCH3 is 1. The van der Waals surface area contributed by atoms with Crippen molar-refractivity contribution < 1.29 is 9.53 Å². The van der Waals surface area contributed by atoms with Crippen LogP contribution < -0.4 is 10.6 Å². The van der Waals surface area contributed by atoms with Gasteiger partial charge in [0, 0.05) is 63.3 Å². The first-order valence-electron chi connectivity index (χ1n) is 10.2. The minimum absolute atomic E-state index is 0.0331. The highest BCUT2D eigenvalue weighted by atomic mass is 16.5. The van der Waals surface area contributed by atoms with E-state index in [-0.39, 0.29) is 6.03 Å². The van der Waals surface area contributed by atoms with E-state index in [1.807, 2.05) is 17.9 Å². The molecule has 2 amide bonds. The van der Waals surface area contributed by atoms with Gasteiger partial charge in [0.25, 0.3) is 0 Å². The number of fused-ring (bicyclic) bond motifs is 2. The van der Waals surface area contributed by atoms with Crippen LogP contribution in [0.3, 0.4) is 0 Å². The van der Waals surface area contributed by atoms with E-state index in [4.69, 9.17) is 4.74 Å². The number of rotatable bonds is 8. The molecule has 2 heterocycles. The number of nitrogens with zero attached hydrogens (tertiary/aromatic N) is 3. The van der Waals surface area contributed by atoms with Crippen LogP contribution in [0.25, 0.3) is 0 Å². The number of unbranched alkanes of at least 4 members (excludes halogenated alkanes) is 1. The standard InChI is InChI=1S/C20H33N5O2/c1-4-5-6-17-23-14(2)11-18(24-17)21-9-10-22-20(26)25-12-15-7-8-16(13-25)19(15)27-3/h11,15-16,19H,4-10,12-13H2,1-3H3,(H,22,26)(H,21,23,24). The van der Waals surface area contributed by atoms with Crippen LogP contribution in [0.5, 0.6) is 0 Å². The number of amides is 2. The Balaban J connectivity index is 1.41. The molecule has 2 bridgehead atoms. The molecule has 2 N–H and O–H groups in total. The van der Waals surface area contributed by atoms with Crippen LogP contribution in [0.1, 0.15) is 44.1 Å². The molecule has 1 aliphatic heterocycles. The zero-order valence-corrected chi connectivity index (χ0v) is 16.8. The molecular formula is C20H33N5O2. The number of piperidine rings is 1. The largest absolute Gasteiger partial charge is 0.381 e. The molecule has 1 aromatic rings. The summed E-state index contributed by atoms with van der Waals surface area (Å²) < 4.78 is 5.62. The van der Waals surface area contributed by atoms with E-state index in [2.05, 4.69) is 27.5 Å². The van der Waals surface area contributed by atoms with E-state index in [9.17, 15) is 4.79 Å². The Morgan fingerprint density at radius 2 is 2.00 bits per heavy atom. The molecule has 0 radical (unpaired) electrons. The minimum Gasteiger partial charge on any atom is -0.381 e. The van der Waals surface area contributed by atoms with E-state index in [0.717, 1.165) is 49.7 Å². The van der Waals surface area contributed by atoms with E-state index in [1.54, 1.807) is 7.11 Å². The Hall–Kier alpha value is -1.89. The average Bonchev–Trinajstić information content (AvgIpc) is 2.90. The minimum atomic E-state index is 0.0331. The molecule has 7 heteroatoms. The Bertz CT molecular complexity index is 625. The van der Waals surface area contributed by atoms with E-state index in [0.29, 0.717) is 31.0 Å². The van der Waals surface area contributed by atoms with E-state index < -0.39 is 0 Å². The molecule has 2 atom stereocenters.